The fraction of sp³-hybridized carbons (Fsp3) is 0.364. The molecule has 4 rings (SSSR count). The summed E-state index contributed by atoms with van der Waals surface area (Å²) in [6, 6.07) is 10.6. The van der Waals surface area contributed by atoms with Gasteiger partial charge in [-0.25, -0.2) is 9.18 Å². The van der Waals surface area contributed by atoms with E-state index in [-0.39, 0.29) is 24.8 Å². The van der Waals surface area contributed by atoms with Crippen molar-refractivity contribution in [2.75, 3.05) is 11.9 Å². The molecule has 0 aromatic heterocycles. The molecule has 0 radical (unpaired) electrons. The van der Waals surface area contributed by atoms with E-state index in [4.69, 9.17) is 9.47 Å². The van der Waals surface area contributed by atoms with Gasteiger partial charge in [0.25, 0.3) is 5.79 Å². The van der Waals surface area contributed by atoms with Crippen LogP contribution in [0, 0.1) is 5.82 Å². The molecule has 2 aromatic carbocycles. The molecule has 0 unspecified atom stereocenters. The van der Waals surface area contributed by atoms with E-state index in [1.54, 1.807) is 30.3 Å². The first kappa shape index (κ1) is 20.0. The molecule has 1 saturated carbocycles. The van der Waals surface area contributed by atoms with Crippen LogP contribution in [0.2, 0.25) is 0 Å². The predicted octanol–water partition coefficient (Wildman–Crippen LogP) is 3.70. The maximum atomic E-state index is 12.9. The van der Waals surface area contributed by atoms with E-state index in [1.807, 2.05) is 0 Å². The first-order valence-electron chi connectivity index (χ1n) is 10.1. The number of ether oxygens (including phenoxy) is 2. The van der Waals surface area contributed by atoms with Crippen molar-refractivity contribution >= 4 is 17.6 Å². The summed E-state index contributed by atoms with van der Waals surface area (Å²) in [5.74, 6) is 0.0521. The Morgan fingerprint density at radius 3 is 2.43 bits per heavy atom. The first-order valence-corrected chi connectivity index (χ1v) is 10.1. The summed E-state index contributed by atoms with van der Waals surface area (Å²) in [5.41, 5.74) is 1.33. The van der Waals surface area contributed by atoms with Crippen molar-refractivity contribution in [2.45, 2.75) is 44.4 Å². The summed E-state index contributed by atoms with van der Waals surface area (Å²) in [4.78, 5) is 24.0. The number of halogens is 1. The molecule has 1 aliphatic heterocycles. The van der Waals surface area contributed by atoms with Crippen molar-refractivity contribution in [3.8, 4) is 11.5 Å². The van der Waals surface area contributed by atoms with Crippen LogP contribution >= 0.6 is 0 Å². The zero-order valence-corrected chi connectivity index (χ0v) is 16.5. The van der Waals surface area contributed by atoms with Crippen LogP contribution in [0.5, 0.6) is 11.5 Å². The monoisotopic (exact) mass is 413 g/mol. The Morgan fingerprint density at radius 1 is 0.933 bits per heavy atom. The van der Waals surface area contributed by atoms with E-state index in [0.29, 0.717) is 17.2 Å². The minimum atomic E-state index is -0.562. The van der Waals surface area contributed by atoms with Gasteiger partial charge in [0, 0.05) is 31.1 Å². The lowest BCUT2D eigenvalue weighted by Crippen LogP contribution is -2.40. The van der Waals surface area contributed by atoms with Crippen LogP contribution in [0.15, 0.2) is 42.5 Å². The fourth-order valence-electron chi connectivity index (χ4n) is 3.68. The Morgan fingerprint density at radius 2 is 1.67 bits per heavy atom. The standard InChI is InChI=1S/C22H24FN3O4/c23-16-6-4-15(5-7-16)13-24-21(28)25-14-20(27)26-17-8-9-18-19(12-17)30-22(29-18)10-2-1-3-11-22/h4-9,12H,1-3,10-11,13-14H2,(H,26,27)(H2,24,25,28). The number of nitrogens with one attached hydrogen (secondary N) is 3. The number of fused-ring (bicyclic) bond motifs is 1. The molecule has 30 heavy (non-hydrogen) atoms. The van der Waals surface area contributed by atoms with Gasteiger partial charge in [-0.15, -0.1) is 0 Å². The fourth-order valence-corrected chi connectivity index (χ4v) is 3.68. The van der Waals surface area contributed by atoms with E-state index in [0.717, 1.165) is 31.2 Å². The minimum absolute atomic E-state index is 0.187. The SMILES string of the molecule is O=C(CNC(=O)NCc1ccc(F)cc1)Nc1ccc2c(c1)OC1(CCCCC1)O2. The molecule has 1 fully saturated rings. The summed E-state index contributed by atoms with van der Waals surface area (Å²) < 4.78 is 25.0. The Labute approximate surface area is 173 Å². The van der Waals surface area contributed by atoms with E-state index in [2.05, 4.69) is 16.0 Å². The largest absolute Gasteiger partial charge is 0.448 e. The van der Waals surface area contributed by atoms with E-state index >= 15 is 0 Å². The van der Waals surface area contributed by atoms with Crippen molar-refractivity contribution < 1.29 is 23.5 Å². The molecular weight excluding hydrogens is 389 g/mol. The summed E-state index contributed by atoms with van der Waals surface area (Å²) >= 11 is 0. The molecule has 3 amide bonds. The molecule has 2 aliphatic rings. The Hall–Kier alpha value is -3.29. The zero-order valence-electron chi connectivity index (χ0n) is 16.5. The highest BCUT2D eigenvalue weighted by atomic mass is 19.1. The van der Waals surface area contributed by atoms with Crippen LogP contribution < -0.4 is 25.4 Å². The highest BCUT2D eigenvalue weighted by Crippen LogP contribution is 2.46. The van der Waals surface area contributed by atoms with E-state index in [9.17, 15) is 14.0 Å². The summed E-state index contributed by atoms with van der Waals surface area (Å²) in [5, 5.41) is 7.85. The van der Waals surface area contributed by atoms with Gasteiger partial charge in [0.15, 0.2) is 11.5 Å². The normalized spacial score (nSPS) is 16.2. The number of urea groups is 1. The average Bonchev–Trinajstić information content (AvgIpc) is 3.08. The van der Waals surface area contributed by atoms with E-state index in [1.165, 1.54) is 18.6 Å². The van der Waals surface area contributed by atoms with Gasteiger partial charge in [-0.05, 0) is 42.7 Å². The maximum Gasteiger partial charge on any atom is 0.315 e. The molecule has 8 heteroatoms. The topological polar surface area (TPSA) is 88.7 Å². The van der Waals surface area contributed by atoms with Crippen molar-refractivity contribution in [1.82, 2.24) is 10.6 Å². The second kappa shape index (κ2) is 8.61. The number of hydrogen-bond acceptors (Lipinski definition) is 4. The van der Waals surface area contributed by atoms with Gasteiger partial charge < -0.3 is 25.4 Å². The van der Waals surface area contributed by atoms with Crippen LogP contribution in [0.4, 0.5) is 14.9 Å². The smallest absolute Gasteiger partial charge is 0.315 e. The number of carbonyl (C=O) groups is 2. The third kappa shape index (κ3) is 4.82. The average molecular weight is 413 g/mol. The summed E-state index contributed by atoms with van der Waals surface area (Å²) in [6.07, 6.45) is 5.07. The number of rotatable bonds is 5. The molecule has 1 aliphatic carbocycles. The van der Waals surface area contributed by atoms with Crippen molar-refractivity contribution in [3.63, 3.8) is 0 Å². The molecule has 1 heterocycles. The van der Waals surface area contributed by atoms with Gasteiger partial charge in [-0.1, -0.05) is 18.6 Å². The number of carbonyl (C=O) groups excluding carboxylic acids is 2. The lowest BCUT2D eigenvalue weighted by Gasteiger charge is -2.31. The Kier molecular flexibility index (Phi) is 5.74. The third-order valence-electron chi connectivity index (χ3n) is 5.21. The Bertz CT molecular complexity index is 926. The third-order valence-corrected chi connectivity index (χ3v) is 5.21. The van der Waals surface area contributed by atoms with Crippen molar-refractivity contribution in [2.24, 2.45) is 0 Å². The van der Waals surface area contributed by atoms with Crippen molar-refractivity contribution in [3.05, 3.63) is 53.8 Å². The number of benzene rings is 2. The molecule has 2 aromatic rings. The highest BCUT2D eigenvalue weighted by Gasteiger charge is 2.42. The molecular formula is C22H24FN3O4. The van der Waals surface area contributed by atoms with Gasteiger partial charge in [-0.3, -0.25) is 4.79 Å². The molecule has 1 spiro atoms. The second-order valence-corrected chi connectivity index (χ2v) is 7.55. The van der Waals surface area contributed by atoms with E-state index < -0.39 is 11.8 Å². The molecule has 0 atom stereocenters. The molecule has 158 valence electrons. The predicted molar refractivity (Wildman–Crippen MR) is 109 cm³/mol. The zero-order chi connectivity index (χ0) is 21.0. The minimum Gasteiger partial charge on any atom is -0.448 e. The molecule has 0 saturated heterocycles. The summed E-state index contributed by atoms with van der Waals surface area (Å²) in [7, 11) is 0. The van der Waals surface area contributed by atoms with Gasteiger partial charge >= 0.3 is 6.03 Å². The highest BCUT2D eigenvalue weighted by molar-refractivity contribution is 5.94. The van der Waals surface area contributed by atoms with Gasteiger partial charge in [-0.2, -0.15) is 0 Å². The lowest BCUT2D eigenvalue weighted by atomic mass is 9.94. The van der Waals surface area contributed by atoms with Crippen LogP contribution in [0.25, 0.3) is 0 Å². The van der Waals surface area contributed by atoms with Crippen LogP contribution in [-0.4, -0.2) is 24.3 Å². The van der Waals surface area contributed by atoms with Gasteiger partial charge in [0.1, 0.15) is 5.82 Å². The summed E-state index contributed by atoms with van der Waals surface area (Å²) in [6.45, 7) is 0.0469. The molecule has 0 bridgehead atoms. The quantitative estimate of drug-likeness (QED) is 0.698. The van der Waals surface area contributed by atoms with Crippen LogP contribution in [-0.2, 0) is 11.3 Å². The van der Waals surface area contributed by atoms with Gasteiger partial charge in [0.2, 0.25) is 5.91 Å². The number of hydrogen-bond donors (Lipinski definition) is 3. The first-order chi connectivity index (χ1) is 14.5. The van der Waals surface area contributed by atoms with Crippen molar-refractivity contribution in [1.29, 1.82) is 0 Å². The number of amides is 3. The maximum absolute atomic E-state index is 12.9. The molecule has 3 N–H and O–H groups in total. The molecule has 7 nitrogen and oxygen atoms in total. The number of anilines is 1. The second-order valence-electron chi connectivity index (χ2n) is 7.55. The van der Waals surface area contributed by atoms with Crippen LogP contribution in [0.1, 0.15) is 37.7 Å². The van der Waals surface area contributed by atoms with Gasteiger partial charge in [0.05, 0.1) is 6.54 Å². The Balaban J connectivity index is 1.23. The van der Waals surface area contributed by atoms with Crippen LogP contribution in [0.3, 0.4) is 0 Å². The lowest BCUT2D eigenvalue weighted by molar-refractivity contribution is -0.115.